The molecule has 2 aromatic rings. The second-order valence-corrected chi connectivity index (χ2v) is 10.3. The minimum Gasteiger partial charge on any atom is -0.497 e. The Morgan fingerprint density at radius 3 is 2.12 bits per heavy atom. The molecule has 0 radical (unpaired) electrons. The molecule has 10 heteroatoms. The molecule has 186 valence electrons. The summed E-state index contributed by atoms with van der Waals surface area (Å²) in [6, 6.07) is 12.7. The van der Waals surface area contributed by atoms with Gasteiger partial charge in [0.15, 0.2) is 0 Å². The van der Waals surface area contributed by atoms with E-state index >= 15 is 0 Å². The number of halogens is 3. The molecule has 1 amide bonds. The fourth-order valence-electron chi connectivity index (χ4n) is 3.89. The monoisotopic (exact) mass is 498 g/mol. The number of hydrogen-bond donors (Lipinski definition) is 0. The van der Waals surface area contributed by atoms with Gasteiger partial charge in [-0.3, -0.25) is 4.79 Å². The van der Waals surface area contributed by atoms with E-state index in [0.717, 1.165) is 24.2 Å². The third kappa shape index (κ3) is 7.20. The van der Waals surface area contributed by atoms with Gasteiger partial charge in [-0.2, -0.15) is 17.5 Å². The molecular formula is C24H29F3N2O4S. The van der Waals surface area contributed by atoms with Crippen LogP contribution in [0.2, 0.25) is 0 Å². The van der Waals surface area contributed by atoms with Crippen LogP contribution in [0, 0.1) is 0 Å². The van der Waals surface area contributed by atoms with Crippen LogP contribution in [0.3, 0.4) is 0 Å². The molecule has 0 atom stereocenters. The minimum atomic E-state index is -4.52. The molecule has 0 unspecified atom stereocenters. The van der Waals surface area contributed by atoms with E-state index in [1.165, 1.54) is 23.5 Å². The zero-order valence-corrected chi connectivity index (χ0v) is 19.9. The number of carbonyl (C=O) groups is 1. The van der Waals surface area contributed by atoms with Crippen LogP contribution >= 0.6 is 0 Å². The first-order chi connectivity index (χ1) is 16.1. The van der Waals surface area contributed by atoms with Crippen molar-refractivity contribution in [2.75, 3.05) is 26.7 Å². The standard InChI is InChI=1S/C24H29F3N2O4S/c1-33-21-10-5-20(6-11-21)17-28(18-24(25,26)27)23(30)14-9-19-7-12-22(13-8-19)34(31,32)29-15-3-2-4-16-29/h5-8,10-13H,2-4,9,14-18H2,1H3. The number of nitrogens with zero attached hydrogens (tertiary/aromatic N) is 2. The predicted octanol–water partition coefficient (Wildman–Crippen LogP) is 4.39. The Morgan fingerprint density at radius 1 is 0.971 bits per heavy atom. The molecule has 3 rings (SSSR count). The fraction of sp³-hybridized carbons (Fsp3) is 0.458. The number of hydrogen-bond acceptors (Lipinski definition) is 4. The second-order valence-electron chi connectivity index (χ2n) is 8.32. The topological polar surface area (TPSA) is 66.9 Å². The van der Waals surface area contributed by atoms with Crippen molar-refractivity contribution in [3.8, 4) is 5.75 Å². The van der Waals surface area contributed by atoms with Gasteiger partial charge in [-0.05, 0) is 54.7 Å². The van der Waals surface area contributed by atoms with Crippen LogP contribution in [-0.2, 0) is 27.8 Å². The van der Waals surface area contributed by atoms with Gasteiger partial charge in [-0.15, -0.1) is 0 Å². The van der Waals surface area contributed by atoms with Crippen LogP contribution < -0.4 is 4.74 Å². The van der Waals surface area contributed by atoms with Gasteiger partial charge in [0.05, 0.1) is 12.0 Å². The Kier molecular flexibility index (Phi) is 8.59. The van der Waals surface area contributed by atoms with Crippen LogP contribution in [0.4, 0.5) is 13.2 Å². The van der Waals surface area contributed by atoms with Crippen molar-refractivity contribution in [2.45, 2.75) is 49.7 Å². The predicted molar refractivity (Wildman–Crippen MR) is 122 cm³/mol. The van der Waals surface area contributed by atoms with Crippen LogP contribution in [0.5, 0.6) is 5.75 Å². The van der Waals surface area contributed by atoms with Crippen molar-refractivity contribution in [2.24, 2.45) is 0 Å². The van der Waals surface area contributed by atoms with Crippen LogP contribution in [-0.4, -0.2) is 56.5 Å². The Labute approximate surface area is 198 Å². The van der Waals surface area contributed by atoms with Crippen molar-refractivity contribution >= 4 is 15.9 Å². The van der Waals surface area contributed by atoms with Gasteiger partial charge in [-0.1, -0.05) is 30.7 Å². The lowest BCUT2D eigenvalue weighted by molar-refractivity contribution is -0.162. The molecule has 0 saturated carbocycles. The number of alkyl halides is 3. The number of rotatable bonds is 9. The molecule has 6 nitrogen and oxygen atoms in total. The lowest BCUT2D eigenvalue weighted by Crippen LogP contribution is -2.38. The molecular weight excluding hydrogens is 469 g/mol. The molecule has 0 aliphatic carbocycles. The maximum atomic E-state index is 13.1. The molecule has 2 aromatic carbocycles. The SMILES string of the molecule is COc1ccc(CN(CC(F)(F)F)C(=O)CCc2ccc(S(=O)(=O)N3CCCCC3)cc2)cc1. The number of methoxy groups -OCH3 is 1. The van der Waals surface area contributed by atoms with Crippen molar-refractivity contribution in [3.63, 3.8) is 0 Å². The lowest BCUT2D eigenvalue weighted by Gasteiger charge is -2.26. The highest BCUT2D eigenvalue weighted by Gasteiger charge is 2.33. The summed E-state index contributed by atoms with van der Waals surface area (Å²) in [5.74, 6) is -0.0543. The van der Waals surface area contributed by atoms with Crippen LogP contribution in [0.15, 0.2) is 53.4 Å². The lowest BCUT2D eigenvalue weighted by atomic mass is 10.1. The number of ether oxygens (including phenoxy) is 1. The third-order valence-electron chi connectivity index (χ3n) is 5.76. The van der Waals surface area contributed by atoms with E-state index in [9.17, 15) is 26.4 Å². The summed E-state index contributed by atoms with van der Waals surface area (Å²) in [4.78, 5) is 13.6. The smallest absolute Gasteiger partial charge is 0.406 e. The van der Waals surface area contributed by atoms with Crippen molar-refractivity contribution in [1.82, 2.24) is 9.21 Å². The fourth-order valence-corrected chi connectivity index (χ4v) is 5.41. The Hall–Kier alpha value is -2.59. The summed E-state index contributed by atoms with van der Waals surface area (Å²) in [6.07, 6.45) is -1.74. The maximum absolute atomic E-state index is 13.1. The third-order valence-corrected chi connectivity index (χ3v) is 7.67. The van der Waals surface area contributed by atoms with Gasteiger partial charge in [0.25, 0.3) is 0 Å². The number of carbonyl (C=O) groups excluding carboxylic acids is 1. The van der Waals surface area contributed by atoms with Crippen molar-refractivity contribution in [1.29, 1.82) is 0 Å². The number of aryl methyl sites for hydroxylation is 1. The molecule has 1 heterocycles. The van der Waals surface area contributed by atoms with Gasteiger partial charge in [0.2, 0.25) is 15.9 Å². The molecule has 0 aromatic heterocycles. The molecule has 1 saturated heterocycles. The molecule has 1 aliphatic heterocycles. The molecule has 0 bridgehead atoms. The molecule has 34 heavy (non-hydrogen) atoms. The van der Waals surface area contributed by atoms with E-state index in [0.29, 0.717) is 30.0 Å². The normalized spacial score (nSPS) is 15.2. The Morgan fingerprint density at radius 2 is 1.56 bits per heavy atom. The van der Waals surface area contributed by atoms with E-state index in [1.807, 2.05) is 0 Å². The second kappa shape index (κ2) is 11.2. The van der Waals surface area contributed by atoms with Gasteiger partial charge in [0, 0.05) is 26.1 Å². The quantitative estimate of drug-likeness (QED) is 0.514. The zero-order chi connectivity index (χ0) is 24.8. The Balaban J connectivity index is 1.63. The van der Waals surface area contributed by atoms with E-state index in [2.05, 4.69) is 0 Å². The van der Waals surface area contributed by atoms with Crippen molar-refractivity contribution < 1.29 is 31.1 Å². The molecule has 0 spiro atoms. The van der Waals surface area contributed by atoms with Gasteiger partial charge in [-0.25, -0.2) is 8.42 Å². The molecule has 0 N–H and O–H groups in total. The highest BCUT2D eigenvalue weighted by molar-refractivity contribution is 7.89. The minimum absolute atomic E-state index is 0.121. The first kappa shape index (κ1) is 26.0. The first-order valence-corrected chi connectivity index (χ1v) is 12.6. The average Bonchev–Trinajstić information content (AvgIpc) is 2.82. The van der Waals surface area contributed by atoms with Crippen LogP contribution in [0.25, 0.3) is 0 Å². The maximum Gasteiger partial charge on any atom is 0.406 e. The van der Waals surface area contributed by atoms with Gasteiger partial charge >= 0.3 is 6.18 Å². The first-order valence-electron chi connectivity index (χ1n) is 11.1. The van der Waals surface area contributed by atoms with Gasteiger partial charge in [0.1, 0.15) is 12.3 Å². The number of amides is 1. The van der Waals surface area contributed by atoms with Gasteiger partial charge < -0.3 is 9.64 Å². The summed E-state index contributed by atoms with van der Waals surface area (Å²) >= 11 is 0. The van der Waals surface area contributed by atoms with Crippen LogP contribution in [0.1, 0.15) is 36.8 Å². The number of piperidine rings is 1. The van der Waals surface area contributed by atoms with Crippen molar-refractivity contribution in [3.05, 3.63) is 59.7 Å². The number of sulfonamides is 1. The number of benzene rings is 2. The summed E-state index contributed by atoms with van der Waals surface area (Å²) < 4.78 is 71.3. The summed E-state index contributed by atoms with van der Waals surface area (Å²) in [6.45, 7) is -0.510. The average molecular weight is 499 g/mol. The van der Waals surface area contributed by atoms with E-state index in [4.69, 9.17) is 4.74 Å². The highest BCUT2D eigenvalue weighted by Crippen LogP contribution is 2.23. The van der Waals surface area contributed by atoms with E-state index < -0.39 is 28.7 Å². The summed E-state index contributed by atoms with van der Waals surface area (Å²) in [7, 11) is -2.07. The Bertz CT molecular complexity index is 1050. The highest BCUT2D eigenvalue weighted by atomic mass is 32.2. The zero-order valence-electron chi connectivity index (χ0n) is 19.1. The molecule has 1 fully saturated rings. The largest absolute Gasteiger partial charge is 0.497 e. The summed E-state index contributed by atoms with van der Waals surface area (Å²) in [5.41, 5.74) is 1.24. The van der Waals surface area contributed by atoms with E-state index in [1.54, 1.807) is 36.4 Å². The summed E-state index contributed by atoms with van der Waals surface area (Å²) in [5, 5.41) is 0. The molecule has 1 aliphatic rings. The van der Waals surface area contributed by atoms with E-state index in [-0.39, 0.29) is 24.3 Å².